The second kappa shape index (κ2) is 6.00. The number of anilines is 2. The summed E-state index contributed by atoms with van der Waals surface area (Å²) in [5.74, 6) is -0.683. The SMILES string of the molecule is Cc1ccc(S(=O)(=O)ONc2cc(F)c(N)cc2Br)cc1. The van der Waals surface area contributed by atoms with Crippen molar-refractivity contribution in [1.82, 2.24) is 0 Å². The molecule has 21 heavy (non-hydrogen) atoms. The first-order valence-corrected chi connectivity index (χ1v) is 8.00. The Labute approximate surface area is 130 Å². The zero-order valence-electron chi connectivity index (χ0n) is 10.9. The molecule has 0 unspecified atom stereocenters. The number of nitrogen functional groups attached to an aromatic ring is 1. The summed E-state index contributed by atoms with van der Waals surface area (Å²) in [6.07, 6.45) is 0. The Morgan fingerprint density at radius 3 is 2.48 bits per heavy atom. The minimum Gasteiger partial charge on any atom is -0.396 e. The van der Waals surface area contributed by atoms with Gasteiger partial charge in [0.1, 0.15) is 5.82 Å². The van der Waals surface area contributed by atoms with Crippen LogP contribution in [0, 0.1) is 12.7 Å². The van der Waals surface area contributed by atoms with E-state index in [2.05, 4.69) is 21.4 Å². The lowest BCUT2D eigenvalue weighted by atomic mass is 10.2. The van der Waals surface area contributed by atoms with Crippen molar-refractivity contribution in [3.8, 4) is 0 Å². The highest BCUT2D eigenvalue weighted by molar-refractivity contribution is 9.10. The Kier molecular flexibility index (Phi) is 4.50. The number of hydrogen-bond acceptors (Lipinski definition) is 5. The Hall–Kier alpha value is -1.64. The molecule has 5 nitrogen and oxygen atoms in total. The van der Waals surface area contributed by atoms with E-state index >= 15 is 0 Å². The third kappa shape index (κ3) is 3.72. The zero-order chi connectivity index (χ0) is 15.6. The Bertz CT molecular complexity index is 764. The summed E-state index contributed by atoms with van der Waals surface area (Å²) in [7, 11) is -4.00. The molecular weight excluding hydrogens is 363 g/mol. The van der Waals surface area contributed by atoms with Crippen LogP contribution in [-0.2, 0) is 14.4 Å². The molecule has 0 fully saturated rings. The molecule has 0 heterocycles. The van der Waals surface area contributed by atoms with Crippen LogP contribution in [-0.4, -0.2) is 8.42 Å². The van der Waals surface area contributed by atoms with E-state index in [1.807, 2.05) is 6.92 Å². The summed E-state index contributed by atoms with van der Waals surface area (Å²) in [5.41, 5.74) is 8.56. The van der Waals surface area contributed by atoms with Crippen LogP contribution in [0.1, 0.15) is 5.56 Å². The highest BCUT2D eigenvalue weighted by Gasteiger charge is 2.16. The Morgan fingerprint density at radius 2 is 1.86 bits per heavy atom. The minimum atomic E-state index is -4.00. The van der Waals surface area contributed by atoms with Gasteiger partial charge in [-0.1, -0.05) is 17.7 Å². The van der Waals surface area contributed by atoms with Gasteiger partial charge >= 0.3 is 10.1 Å². The van der Waals surface area contributed by atoms with Crippen molar-refractivity contribution < 1.29 is 17.1 Å². The lowest BCUT2D eigenvalue weighted by Gasteiger charge is -2.10. The van der Waals surface area contributed by atoms with Crippen LogP contribution in [0.25, 0.3) is 0 Å². The second-order valence-corrected chi connectivity index (χ2v) is 6.71. The maximum atomic E-state index is 13.4. The summed E-state index contributed by atoms with van der Waals surface area (Å²) in [4.78, 5) is -0.00682. The molecule has 112 valence electrons. The molecule has 0 saturated heterocycles. The van der Waals surface area contributed by atoms with Gasteiger partial charge in [0.2, 0.25) is 0 Å². The number of benzene rings is 2. The Balaban J connectivity index is 2.19. The maximum Gasteiger partial charge on any atom is 0.317 e. The molecule has 0 amide bonds. The third-order valence-electron chi connectivity index (χ3n) is 2.66. The van der Waals surface area contributed by atoms with Crippen molar-refractivity contribution in [3.05, 3.63) is 52.3 Å². The molecule has 0 aliphatic carbocycles. The molecule has 8 heteroatoms. The van der Waals surface area contributed by atoms with E-state index in [1.54, 1.807) is 12.1 Å². The van der Waals surface area contributed by atoms with Crippen molar-refractivity contribution >= 4 is 37.4 Å². The van der Waals surface area contributed by atoms with Crippen LogP contribution < -0.4 is 11.2 Å². The summed E-state index contributed by atoms with van der Waals surface area (Å²) >= 11 is 3.13. The van der Waals surface area contributed by atoms with E-state index in [0.717, 1.165) is 11.6 Å². The van der Waals surface area contributed by atoms with Gasteiger partial charge in [-0.05, 0) is 41.1 Å². The van der Waals surface area contributed by atoms with Gasteiger partial charge in [0.15, 0.2) is 0 Å². The number of nitrogens with two attached hydrogens (primary N) is 1. The molecule has 0 spiro atoms. The van der Waals surface area contributed by atoms with Crippen LogP contribution in [0.3, 0.4) is 0 Å². The van der Waals surface area contributed by atoms with Gasteiger partial charge in [-0.3, -0.25) is 0 Å². The normalized spacial score (nSPS) is 11.4. The molecule has 0 aliphatic heterocycles. The van der Waals surface area contributed by atoms with Gasteiger partial charge in [0.05, 0.1) is 16.3 Å². The first-order chi connectivity index (χ1) is 9.79. The fourth-order valence-corrected chi connectivity index (χ4v) is 2.70. The van der Waals surface area contributed by atoms with Gasteiger partial charge in [-0.15, -0.1) is 4.28 Å². The first-order valence-electron chi connectivity index (χ1n) is 5.80. The predicted octanol–water partition coefficient (Wildman–Crippen LogP) is 3.21. The monoisotopic (exact) mass is 374 g/mol. The van der Waals surface area contributed by atoms with E-state index < -0.39 is 15.9 Å². The van der Waals surface area contributed by atoms with Crippen molar-refractivity contribution in [2.75, 3.05) is 11.2 Å². The largest absolute Gasteiger partial charge is 0.396 e. The van der Waals surface area contributed by atoms with Crippen molar-refractivity contribution in [3.63, 3.8) is 0 Å². The number of hydrogen-bond donors (Lipinski definition) is 2. The van der Waals surface area contributed by atoms with Gasteiger partial charge in [-0.2, -0.15) is 8.42 Å². The summed E-state index contributed by atoms with van der Waals surface area (Å²) in [6.45, 7) is 1.84. The van der Waals surface area contributed by atoms with Gasteiger partial charge < -0.3 is 5.73 Å². The topological polar surface area (TPSA) is 81.4 Å². The Morgan fingerprint density at radius 1 is 1.24 bits per heavy atom. The lowest BCUT2D eigenvalue weighted by Crippen LogP contribution is -2.12. The summed E-state index contributed by atoms with van der Waals surface area (Å²) < 4.78 is 42.4. The van der Waals surface area contributed by atoms with Crippen molar-refractivity contribution in [2.45, 2.75) is 11.8 Å². The standard InChI is InChI=1S/C13H12BrFN2O3S/c1-8-2-4-9(5-3-8)21(18,19)20-17-13-7-11(15)12(16)6-10(13)14/h2-7,17H,16H2,1H3. The first kappa shape index (κ1) is 15.7. The van der Waals surface area contributed by atoms with E-state index in [1.165, 1.54) is 18.2 Å². The van der Waals surface area contributed by atoms with Gasteiger partial charge in [0.25, 0.3) is 0 Å². The zero-order valence-corrected chi connectivity index (χ0v) is 13.3. The van der Waals surface area contributed by atoms with Gasteiger partial charge in [0, 0.05) is 10.5 Å². The molecule has 0 aromatic heterocycles. The van der Waals surface area contributed by atoms with Gasteiger partial charge in [-0.25, -0.2) is 9.87 Å². The summed E-state index contributed by atoms with van der Waals surface area (Å²) in [5, 5.41) is 0. The molecule has 0 atom stereocenters. The van der Waals surface area contributed by atoms with Crippen molar-refractivity contribution in [2.24, 2.45) is 0 Å². The van der Waals surface area contributed by atoms with Crippen molar-refractivity contribution in [1.29, 1.82) is 0 Å². The van der Waals surface area contributed by atoms with Crippen LogP contribution in [0.5, 0.6) is 0 Å². The van der Waals surface area contributed by atoms with Crippen LogP contribution in [0.15, 0.2) is 45.8 Å². The number of rotatable bonds is 4. The smallest absolute Gasteiger partial charge is 0.317 e. The minimum absolute atomic E-state index is 0.00682. The molecule has 2 aromatic carbocycles. The highest BCUT2D eigenvalue weighted by atomic mass is 79.9. The van der Waals surface area contributed by atoms with Crippen LogP contribution in [0.2, 0.25) is 0 Å². The third-order valence-corrected chi connectivity index (χ3v) is 4.47. The predicted molar refractivity (Wildman–Crippen MR) is 81.6 cm³/mol. The molecule has 3 N–H and O–H groups in total. The van der Waals surface area contributed by atoms with E-state index in [9.17, 15) is 12.8 Å². The number of nitrogens with one attached hydrogen (secondary N) is 1. The van der Waals surface area contributed by atoms with Crippen LogP contribution in [0.4, 0.5) is 15.8 Å². The number of aryl methyl sites for hydroxylation is 1. The quantitative estimate of drug-likeness (QED) is 0.634. The second-order valence-electron chi connectivity index (χ2n) is 4.31. The maximum absolute atomic E-state index is 13.4. The molecule has 0 saturated carbocycles. The average Bonchev–Trinajstić information content (AvgIpc) is 2.42. The molecular formula is C13H12BrFN2O3S. The van der Waals surface area contributed by atoms with E-state index in [0.29, 0.717) is 4.47 Å². The highest BCUT2D eigenvalue weighted by Crippen LogP contribution is 2.28. The molecule has 0 bridgehead atoms. The fourth-order valence-electron chi connectivity index (χ4n) is 1.49. The average molecular weight is 375 g/mol. The molecule has 0 aliphatic rings. The van der Waals surface area contributed by atoms with Crippen LogP contribution >= 0.6 is 15.9 Å². The fraction of sp³-hybridized carbons (Fsp3) is 0.0769. The molecule has 0 radical (unpaired) electrons. The number of halogens is 2. The summed E-state index contributed by atoms with van der Waals surface area (Å²) in [6, 6.07) is 8.48. The molecule has 2 aromatic rings. The lowest BCUT2D eigenvalue weighted by molar-refractivity contribution is 0.390. The van der Waals surface area contributed by atoms with E-state index in [4.69, 9.17) is 10.0 Å². The molecule has 2 rings (SSSR count). The van der Waals surface area contributed by atoms with E-state index in [-0.39, 0.29) is 16.3 Å².